The molecule has 1 fully saturated rings. The molecule has 1 unspecified atom stereocenters. The highest BCUT2D eigenvalue weighted by Gasteiger charge is 2.26. The van der Waals surface area contributed by atoms with E-state index in [1.165, 1.54) is 0 Å². The lowest BCUT2D eigenvalue weighted by Crippen LogP contribution is -2.37. The highest BCUT2D eigenvalue weighted by atomic mass is 16.5. The number of rotatable bonds is 5. The molecule has 2 N–H and O–H groups in total. The molecule has 0 radical (unpaired) electrons. The molecule has 2 heterocycles. The number of amides is 1. The van der Waals surface area contributed by atoms with Crippen molar-refractivity contribution >= 4 is 11.6 Å². The number of hydrogen-bond donors (Lipinski definition) is 1. The Kier molecular flexibility index (Phi) is 4.65. The molecule has 0 spiro atoms. The maximum atomic E-state index is 12.7. The second-order valence-electron chi connectivity index (χ2n) is 5.24. The Morgan fingerprint density at radius 1 is 1.55 bits per heavy atom. The summed E-state index contributed by atoms with van der Waals surface area (Å²) in [6.45, 7) is 9.36. The monoisotopic (exact) mass is 280 g/mol. The number of anilines is 1. The van der Waals surface area contributed by atoms with Gasteiger partial charge in [-0.2, -0.15) is 5.10 Å². The van der Waals surface area contributed by atoms with E-state index in [0.717, 1.165) is 31.9 Å². The van der Waals surface area contributed by atoms with Crippen LogP contribution in [0.25, 0.3) is 0 Å². The van der Waals surface area contributed by atoms with Crippen molar-refractivity contribution in [3.05, 3.63) is 11.4 Å². The molecule has 1 atom stereocenters. The summed E-state index contributed by atoms with van der Waals surface area (Å²) in [4.78, 5) is 14.6. The number of hydrogen-bond acceptors (Lipinski definition) is 4. The topological polar surface area (TPSA) is 73.4 Å². The van der Waals surface area contributed by atoms with Crippen LogP contribution in [0.2, 0.25) is 0 Å². The Morgan fingerprint density at radius 2 is 2.30 bits per heavy atom. The molecular formula is C14H24N4O2. The van der Waals surface area contributed by atoms with Crippen molar-refractivity contribution in [2.24, 2.45) is 5.92 Å². The van der Waals surface area contributed by atoms with E-state index in [1.807, 2.05) is 25.7 Å². The summed E-state index contributed by atoms with van der Waals surface area (Å²) >= 11 is 0. The van der Waals surface area contributed by atoms with Crippen molar-refractivity contribution in [1.29, 1.82) is 0 Å². The first-order chi connectivity index (χ1) is 9.58. The second kappa shape index (κ2) is 6.26. The molecule has 1 aromatic heterocycles. The van der Waals surface area contributed by atoms with Gasteiger partial charge in [-0.3, -0.25) is 9.48 Å². The Hall–Kier alpha value is -1.56. The van der Waals surface area contributed by atoms with Gasteiger partial charge in [0.15, 0.2) is 0 Å². The fraction of sp³-hybridized carbons (Fsp3) is 0.714. The maximum Gasteiger partial charge on any atom is 0.274 e. The second-order valence-corrected chi connectivity index (χ2v) is 5.24. The molecule has 1 amide bonds. The predicted octanol–water partition coefficient (Wildman–Crippen LogP) is 1.29. The number of aryl methyl sites for hydroxylation is 2. The molecule has 0 aromatic carbocycles. The van der Waals surface area contributed by atoms with E-state index in [1.54, 1.807) is 4.68 Å². The first-order valence-corrected chi connectivity index (χ1v) is 7.28. The van der Waals surface area contributed by atoms with Crippen LogP contribution in [0.5, 0.6) is 0 Å². The minimum Gasteiger partial charge on any atom is -0.395 e. The molecule has 0 bridgehead atoms. The molecule has 1 aliphatic rings. The van der Waals surface area contributed by atoms with Gasteiger partial charge in [-0.25, -0.2) is 0 Å². The van der Waals surface area contributed by atoms with E-state index in [2.05, 4.69) is 5.10 Å². The van der Waals surface area contributed by atoms with Gasteiger partial charge in [-0.05, 0) is 27.2 Å². The normalized spacial score (nSPS) is 18.4. The molecule has 1 saturated heterocycles. The lowest BCUT2D eigenvalue weighted by Gasteiger charge is -2.24. The van der Waals surface area contributed by atoms with Crippen LogP contribution in [0, 0.1) is 12.8 Å². The van der Waals surface area contributed by atoms with E-state index in [9.17, 15) is 4.79 Å². The summed E-state index contributed by atoms with van der Waals surface area (Å²) in [6, 6.07) is 0. The number of carbonyl (C=O) groups is 1. The smallest absolute Gasteiger partial charge is 0.274 e. The number of nitrogens with two attached hydrogens (primary N) is 1. The van der Waals surface area contributed by atoms with Gasteiger partial charge in [0.2, 0.25) is 0 Å². The third-order valence-corrected chi connectivity index (χ3v) is 3.85. The average molecular weight is 280 g/mol. The molecule has 1 aliphatic heterocycles. The summed E-state index contributed by atoms with van der Waals surface area (Å²) in [6.07, 6.45) is 1.02. The van der Waals surface area contributed by atoms with Crippen LogP contribution in [0.3, 0.4) is 0 Å². The van der Waals surface area contributed by atoms with Crippen LogP contribution in [0.4, 0.5) is 5.69 Å². The molecule has 2 rings (SSSR count). The number of nitrogen functional groups attached to an aromatic ring is 1. The van der Waals surface area contributed by atoms with Crippen molar-refractivity contribution in [3.63, 3.8) is 0 Å². The first-order valence-electron chi connectivity index (χ1n) is 7.28. The lowest BCUT2D eigenvalue weighted by molar-refractivity contribution is 0.0719. The standard InChI is InChI=1S/C14H24N4O2/c1-4-17(8-11-6-7-20-9-11)14(19)13-12(15)10(3)16-18(13)5-2/h11H,4-9,15H2,1-3H3. The van der Waals surface area contributed by atoms with Gasteiger partial charge in [0, 0.05) is 32.2 Å². The number of nitrogens with zero attached hydrogens (tertiary/aromatic N) is 3. The SMILES string of the molecule is CCN(CC1CCOC1)C(=O)c1c(N)c(C)nn1CC. The molecule has 0 aliphatic carbocycles. The van der Waals surface area contributed by atoms with Crippen molar-refractivity contribution in [2.75, 3.05) is 32.0 Å². The van der Waals surface area contributed by atoms with E-state index in [0.29, 0.717) is 30.4 Å². The van der Waals surface area contributed by atoms with Gasteiger partial charge in [-0.15, -0.1) is 0 Å². The summed E-state index contributed by atoms with van der Waals surface area (Å²) in [5, 5.41) is 4.32. The van der Waals surface area contributed by atoms with Gasteiger partial charge in [0.05, 0.1) is 18.0 Å². The molecule has 6 heteroatoms. The van der Waals surface area contributed by atoms with E-state index < -0.39 is 0 Å². The van der Waals surface area contributed by atoms with E-state index in [-0.39, 0.29) is 5.91 Å². The van der Waals surface area contributed by atoms with Gasteiger partial charge in [-0.1, -0.05) is 0 Å². The number of carbonyl (C=O) groups excluding carboxylic acids is 1. The summed E-state index contributed by atoms with van der Waals surface area (Å²) in [5.74, 6) is 0.401. The Balaban J connectivity index is 2.19. The minimum atomic E-state index is -0.0284. The molecule has 112 valence electrons. The van der Waals surface area contributed by atoms with Crippen LogP contribution in [0.1, 0.15) is 36.5 Å². The van der Waals surface area contributed by atoms with Gasteiger partial charge < -0.3 is 15.4 Å². The Labute approximate surface area is 119 Å². The number of aromatic nitrogens is 2. The highest BCUT2D eigenvalue weighted by molar-refractivity contribution is 5.98. The quantitative estimate of drug-likeness (QED) is 0.882. The summed E-state index contributed by atoms with van der Waals surface area (Å²) < 4.78 is 7.08. The molecule has 0 saturated carbocycles. The fourth-order valence-electron chi connectivity index (χ4n) is 2.59. The largest absolute Gasteiger partial charge is 0.395 e. The summed E-state index contributed by atoms with van der Waals surface area (Å²) in [7, 11) is 0. The zero-order valence-electron chi connectivity index (χ0n) is 12.6. The van der Waals surface area contributed by atoms with Crippen LogP contribution in [-0.2, 0) is 11.3 Å². The summed E-state index contributed by atoms with van der Waals surface area (Å²) in [5.41, 5.74) is 7.76. The highest BCUT2D eigenvalue weighted by Crippen LogP contribution is 2.20. The zero-order valence-corrected chi connectivity index (χ0v) is 12.6. The molecule has 6 nitrogen and oxygen atoms in total. The van der Waals surface area contributed by atoms with Gasteiger partial charge in [0.25, 0.3) is 5.91 Å². The van der Waals surface area contributed by atoms with Crippen LogP contribution >= 0.6 is 0 Å². The van der Waals surface area contributed by atoms with Gasteiger partial charge >= 0.3 is 0 Å². The van der Waals surface area contributed by atoms with E-state index in [4.69, 9.17) is 10.5 Å². The van der Waals surface area contributed by atoms with Crippen LogP contribution in [-0.4, -0.2) is 46.9 Å². The molecular weight excluding hydrogens is 256 g/mol. The maximum absolute atomic E-state index is 12.7. The zero-order chi connectivity index (χ0) is 14.7. The van der Waals surface area contributed by atoms with E-state index >= 15 is 0 Å². The van der Waals surface area contributed by atoms with Crippen molar-refractivity contribution < 1.29 is 9.53 Å². The Bertz CT molecular complexity index is 478. The third-order valence-electron chi connectivity index (χ3n) is 3.85. The lowest BCUT2D eigenvalue weighted by atomic mass is 10.1. The third kappa shape index (κ3) is 2.80. The van der Waals surface area contributed by atoms with Crippen molar-refractivity contribution in [3.8, 4) is 0 Å². The average Bonchev–Trinajstić information content (AvgIpc) is 3.04. The first kappa shape index (κ1) is 14.8. The predicted molar refractivity (Wildman–Crippen MR) is 77.6 cm³/mol. The Morgan fingerprint density at radius 3 is 2.85 bits per heavy atom. The molecule has 20 heavy (non-hydrogen) atoms. The van der Waals surface area contributed by atoms with Crippen LogP contribution < -0.4 is 5.73 Å². The van der Waals surface area contributed by atoms with Crippen molar-refractivity contribution in [1.82, 2.24) is 14.7 Å². The number of ether oxygens (including phenoxy) is 1. The minimum absolute atomic E-state index is 0.0284. The fourth-order valence-corrected chi connectivity index (χ4v) is 2.59. The van der Waals surface area contributed by atoms with Gasteiger partial charge in [0.1, 0.15) is 5.69 Å². The molecule has 1 aromatic rings. The van der Waals surface area contributed by atoms with Crippen molar-refractivity contribution in [2.45, 2.75) is 33.7 Å². The van der Waals surface area contributed by atoms with Crippen LogP contribution in [0.15, 0.2) is 0 Å².